The second-order valence-electron chi connectivity index (χ2n) is 5.41. The maximum absolute atomic E-state index is 12.3. The van der Waals surface area contributed by atoms with Crippen molar-refractivity contribution in [2.45, 2.75) is 43.7 Å². The Bertz CT molecular complexity index is 618. The van der Waals surface area contributed by atoms with Crippen molar-refractivity contribution in [3.05, 3.63) is 35.4 Å². The van der Waals surface area contributed by atoms with Crippen molar-refractivity contribution in [3.8, 4) is 0 Å². The molecule has 8 heteroatoms. The second-order valence-corrected chi connectivity index (χ2v) is 7.38. The van der Waals surface area contributed by atoms with Crippen LogP contribution in [0.2, 0.25) is 0 Å². The Morgan fingerprint density at radius 2 is 1.74 bits per heavy atom. The standard InChI is InChI=1S/C15H22F2N2O3S/c1-3-15(4-2,10-18)19-13(20)12-7-5-11(6-8-12)9-23(21,22)14(16)17/h5-8,14H,3-4,9-10,18H2,1-2H3,(H,19,20). The number of rotatable bonds is 8. The monoisotopic (exact) mass is 348 g/mol. The predicted octanol–water partition coefficient (Wildman–Crippen LogP) is 2.07. The minimum absolute atomic E-state index is 0.206. The van der Waals surface area contributed by atoms with Gasteiger partial charge in [-0.1, -0.05) is 26.0 Å². The van der Waals surface area contributed by atoms with E-state index in [0.717, 1.165) is 0 Å². The number of halogens is 2. The Morgan fingerprint density at radius 1 is 1.22 bits per heavy atom. The minimum atomic E-state index is -4.48. The van der Waals surface area contributed by atoms with Crippen molar-refractivity contribution < 1.29 is 22.0 Å². The van der Waals surface area contributed by atoms with E-state index in [1.165, 1.54) is 24.3 Å². The van der Waals surface area contributed by atoms with Gasteiger partial charge in [-0.3, -0.25) is 4.79 Å². The fourth-order valence-corrected chi connectivity index (χ4v) is 2.91. The second kappa shape index (κ2) is 7.83. The van der Waals surface area contributed by atoms with Crippen LogP contribution in [-0.2, 0) is 15.6 Å². The summed E-state index contributed by atoms with van der Waals surface area (Å²) in [5.74, 6) is -4.50. The highest BCUT2D eigenvalue weighted by molar-refractivity contribution is 7.90. The lowest BCUT2D eigenvalue weighted by molar-refractivity contribution is 0.0895. The van der Waals surface area contributed by atoms with Crippen LogP contribution in [0.4, 0.5) is 8.78 Å². The molecule has 5 nitrogen and oxygen atoms in total. The van der Waals surface area contributed by atoms with Crippen LogP contribution < -0.4 is 11.1 Å². The molecule has 3 N–H and O–H groups in total. The van der Waals surface area contributed by atoms with Crippen molar-refractivity contribution in [1.82, 2.24) is 5.32 Å². The van der Waals surface area contributed by atoms with Crippen LogP contribution in [0, 0.1) is 0 Å². The highest BCUT2D eigenvalue weighted by Crippen LogP contribution is 2.17. The zero-order valence-corrected chi connectivity index (χ0v) is 14.0. The Balaban J connectivity index is 2.86. The molecule has 0 unspecified atom stereocenters. The summed E-state index contributed by atoms with van der Waals surface area (Å²) in [7, 11) is -4.48. The van der Waals surface area contributed by atoms with Gasteiger partial charge in [-0.05, 0) is 30.5 Å². The zero-order chi connectivity index (χ0) is 17.7. The Kier molecular flexibility index (Phi) is 6.64. The number of hydrogen-bond donors (Lipinski definition) is 2. The van der Waals surface area contributed by atoms with Gasteiger partial charge in [0.2, 0.25) is 9.84 Å². The smallest absolute Gasteiger partial charge is 0.337 e. The molecule has 1 aromatic carbocycles. The molecule has 1 amide bonds. The molecule has 0 bridgehead atoms. The molecule has 0 aliphatic heterocycles. The van der Waals surface area contributed by atoms with Crippen LogP contribution in [0.25, 0.3) is 0 Å². The molecular formula is C15H22F2N2O3S. The maximum Gasteiger partial charge on any atom is 0.337 e. The molecule has 0 fully saturated rings. The van der Waals surface area contributed by atoms with E-state index >= 15 is 0 Å². The summed E-state index contributed by atoms with van der Waals surface area (Å²) < 4.78 is 47.0. The van der Waals surface area contributed by atoms with E-state index in [-0.39, 0.29) is 11.5 Å². The van der Waals surface area contributed by atoms with Gasteiger partial charge in [0.05, 0.1) is 11.3 Å². The summed E-state index contributed by atoms with van der Waals surface area (Å²) in [6.07, 6.45) is 1.35. The molecule has 0 saturated heterocycles. The SMILES string of the molecule is CCC(CC)(CN)NC(=O)c1ccc(CS(=O)(=O)C(F)F)cc1. The third-order valence-electron chi connectivity index (χ3n) is 3.98. The van der Waals surface area contributed by atoms with Crippen LogP contribution in [0.5, 0.6) is 0 Å². The van der Waals surface area contributed by atoms with Gasteiger partial charge in [-0.25, -0.2) is 8.42 Å². The Morgan fingerprint density at radius 3 is 2.13 bits per heavy atom. The molecule has 130 valence electrons. The van der Waals surface area contributed by atoms with Crippen molar-refractivity contribution in [2.24, 2.45) is 5.73 Å². The van der Waals surface area contributed by atoms with Crippen LogP contribution in [0.1, 0.15) is 42.6 Å². The first-order chi connectivity index (χ1) is 10.7. The zero-order valence-electron chi connectivity index (χ0n) is 13.2. The van der Waals surface area contributed by atoms with E-state index in [1.54, 1.807) is 0 Å². The predicted molar refractivity (Wildman–Crippen MR) is 84.9 cm³/mol. The van der Waals surface area contributed by atoms with Crippen LogP contribution in [-0.4, -0.2) is 32.2 Å². The van der Waals surface area contributed by atoms with E-state index in [1.807, 2.05) is 13.8 Å². The molecule has 0 heterocycles. The lowest BCUT2D eigenvalue weighted by Crippen LogP contribution is -2.52. The number of nitrogens with two attached hydrogens (primary N) is 1. The van der Waals surface area contributed by atoms with Crippen LogP contribution >= 0.6 is 0 Å². The van der Waals surface area contributed by atoms with E-state index in [0.29, 0.717) is 24.9 Å². The number of sulfone groups is 1. The van der Waals surface area contributed by atoms with Gasteiger partial charge in [0, 0.05) is 12.1 Å². The number of carbonyl (C=O) groups excluding carboxylic acids is 1. The van der Waals surface area contributed by atoms with Crippen molar-refractivity contribution in [3.63, 3.8) is 0 Å². The van der Waals surface area contributed by atoms with Gasteiger partial charge in [-0.2, -0.15) is 8.78 Å². The van der Waals surface area contributed by atoms with Gasteiger partial charge >= 0.3 is 5.76 Å². The topological polar surface area (TPSA) is 89.3 Å². The number of nitrogens with one attached hydrogen (secondary N) is 1. The molecule has 0 aromatic heterocycles. The number of hydrogen-bond acceptors (Lipinski definition) is 4. The number of carbonyl (C=O) groups is 1. The van der Waals surface area contributed by atoms with E-state index in [9.17, 15) is 22.0 Å². The van der Waals surface area contributed by atoms with E-state index < -0.39 is 26.9 Å². The molecule has 23 heavy (non-hydrogen) atoms. The highest BCUT2D eigenvalue weighted by atomic mass is 32.2. The molecule has 0 aliphatic rings. The number of alkyl halides is 2. The van der Waals surface area contributed by atoms with Gasteiger partial charge in [0.25, 0.3) is 5.91 Å². The largest absolute Gasteiger partial charge is 0.345 e. The van der Waals surface area contributed by atoms with Crippen molar-refractivity contribution in [1.29, 1.82) is 0 Å². The fourth-order valence-electron chi connectivity index (χ4n) is 2.13. The minimum Gasteiger partial charge on any atom is -0.345 e. The molecule has 0 radical (unpaired) electrons. The lowest BCUT2D eigenvalue weighted by atomic mass is 9.92. The van der Waals surface area contributed by atoms with Crippen molar-refractivity contribution in [2.75, 3.05) is 6.54 Å². The van der Waals surface area contributed by atoms with Gasteiger partial charge in [0.1, 0.15) is 0 Å². The van der Waals surface area contributed by atoms with Gasteiger partial charge in [-0.15, -0.1) is 0 Å². The number of benzene rings is 1. The van der Waals surface area contributed by atoms with E-state index in [4.69, 9.17) is 5.73 Å². The average Bonchev–Trinajstić information content (AvgIpc) is 2.52. The average molecular weight is 348 g/mol. The van der Waals surface area contributed by atoms with Crippen molar-refractivity contribution >= 4 is 15.7 Å². The van der Waals surface area contributed by atoms with E-state index in [2.05, 4.69) is 5.32 Å². The summed E-state index contributed by atoms with van der Waals surface area (Å²) in [6.45, 7) is 4.15. The third kappa shape index (κ3) is 4.97. The number of amides is 1. The molecule has 0 aliphatic carbocycles. The summed E-state index contributed by atoms with van der Waals surface area (Å²) in [6, 6.07) is 5.55. The molecule has 1 rings (SSSR count). The first-order valence-electron chi connectivity index (χ1n) is 7.31. The Labute approximate surface area is 135 Å². The Hall–Kier alpha value is -1.54. The van der Waals surface area contributed by atoms with Crippen LogP contribution in [0.15, 0.2) is 24.3 Å². The summed E-state index contributed by atoms with van der Waals surface area (Å²) in [5.41, 5.74) is 5.76. The first-order valence-corrected chi connectivity index (χ1v) is 9.02. The lowest BCUT2D eigenvalue weighted by Gasteiger charge is -2.31. The third-order valence-corrected chi connectivity index (χ3v) is 5.26. The molecule has 1 aromatic rings. The fraction of sp³-hybridized carbons (Fsp3) is 0.533. The maximum atomic E-state index is 12.3. The quantitative estimate of drug-likeness (QED) is 0.753. The summed E-state index contributed by atoms with van der Waals surface area (Å²) in [4.78, 5) is 12.2. The van der Waals surface area contributed by atoms with Crippen LogP contribution in [0.3, 0.4) is 0 Å². The summed E-state index contributed by atoms with van der Waals surface area (Å²) in [5, 5.41) is 2.88. The van der Waals surface area contributed by atoms with Gasteiger partial charge < -0.3 is 11.1 Å². The molecule has 0 spiro atoms. The first kappa shape index (κ1) is 19.5. The molecule has 0 saturated carbocycles. The normalized spacial score (nSPS) is 12.4. The van der Waals surface area contributed by atoms with Gasteiger partial charge in [0.15, 0.2) is 0 Å². The highest BCUT2D eigenvalue weighted by Gasteiger charge is 2.27. The molecular weight excluding hydrogens is 326 g/mol. The summed E-state index contributed by atoms with van der Waals surface area (Å²) >= 11 is 0. The molecule has 0 atom stereocenters.